The van der Waals surface area contributed by atoms with Gasteiger partial charge in [-0.05, 0) is 50.5 Å². The SMILES string of the molecule is CCc1cc(C)ccc1Nc1ccc(C)cc1C. The molecule has 0 bridgehead atoms. The maximum Gasteiger partial charge on any atom is 0.0416 e. The Morgan fingerprint density at radius 1 is 0.833 bits per heavy atom. The third-order valence-corrected chi connectivity index (χ3v) is 3.29. The number of rotatable bonds is 3. The maximum atomic E-state index is 3.55. The number of anilines is 2. The predicted octanol–water partition coefficient (Wildman–Crippen LogP) is 4.92. The highest BCUT2D eigenvalue weighted by atomic mass is 14.9. The maximum absolute atomic E-state index is 3.55. The van der Waals surface area contributed by atoms with E-state index in [1.54, 1.807) is 0 Å². The fourth-order valence-electron chi connectivity index (χ4n) is 2.24. The molecule has 18 heavy (non-hydrogen) atoms. The van der Waals surface area contributed by atoms with Crippen LogP contribution < -0.4 is 5.32 Å². The van der Waals surface area contributed by atoms with Crippen molar-refractivity contribution in [3.8, 4) is 0 Å². The first kappa shape index (κ1) is 12.7. The van der Waals surface area contributed by atoms with Gasteiger partial charge in [0.25, 0.3) is 0 Å². The molecule has 0 spiro atoms. The second kappa shape index (κ2) is 5.26. The smallest absolute Gasteiger partial charge is 0.0416 e. The molecule has 0 saturated heterocycles. The standard InChI is InChI=1S/C17H21N/c1-5-15-11-13(3)7-9-17(15)18-16-8-6-12(2)10-14(16)4/h6-11,18H,5H2,1-4H3. The molecule has 2 aromatic rings. The lowest BCUT2D eigenvalue weighted by Gasteiger charge is -2.14. The van der Waals surface area contributed by atoms with Crippen molar-refractivity contribution in [1.29, 1.82) is 0 Å². The first-order chi connectivity index (χ1) is 8.60. The lowest BCUT2D eigenvalue weighted by molar-refractivity contribution is 1.13. The number of nitrogens with one attached hydrogen (secondary N) is 1. The van der Waals surface area contributed by atoms with E-state index in [1.807, 2.05) is 0 Å². The molecule has 0 unspecified atom stereocenters. The Hall–Kier alpha value is -1.76. The van der Waals surface area contributed by atoms with Crippen molar-refractivity contribution in [2.75, 3.05) is 5.32 Å². The Morgan fingerprint density at radius 2 is 1.44 bits per heavy atom. The molecule has 1 heteroatoms. The van der Waals surface area contributed by atoms with E-state index >= 15 is 0 Å². The number of benzene rings is 2. The van der Waals surface area contributed by atoms with Crippen molar-refractivity contribution in [2.24, 2.45) is 0 Å². The highest BCUT2D eigenvalue weighted by molar-refractivity contribution is 5.66. The van der Waals surface area contributed by atoms with Gasteiger partial charge < -0.3 is 5.32 Å². The molecule has 2 rings (SSSR count). The van der Waals surface area contributed by atoms with Gasteiger partial charge in [-0.25, -0.2) is 0 Å². The van der Waals surface area contributed by atoms with Gasteiger partial charge in [-0.15, -0.1) is 0 Å². The van der Waals surface area contributed by atoms with Gasteiger partial charge in [-0.2, -0.15) is 0 Å². The van der Waals surface area contributed by atoms with Gasteiger partial charge in [0.2, 0.25) is 0 Å². The molecule has 0 aliphatic carbocycles. The van der Waals surface area contributed by atoms with Gasteiger partial charge in [0, 0.05) is 11.4 Å². The quantitative estimate of drug-likeness (QED) is 0.801. The van der Waals surface area contributed by atoms with Crippen LogP contribution in [-0.2, 0) is 6.42 Å². The third kappa shape index (κ3) is 2.73. The van der Waals surface area contributed by atoms with Gasteiger partial charge in [0.05, 0.1) is 0 Å². The summed E-state index contributed by atoms with van der Waals surface area (Å²) in [7, 11) is 0. The summed E-state index contributed by atoms with van der Waals surface area (Å²) >= 11 is 0. The Morgan fingerprint density at radius 3 is 2.06 bits per heavy atom. The van der Waals surface area contributed by atoms with Crippen molar-refractivity contribution in [2.45, 2.75) is 34.1 Å². The molecule has 0 fully saturated rings. The van der Waals surface area contributed by atoms with Crippen LogP contribution in [0.2, 0.25) is 0 Å². The summed E-state index contributed by atoms with van der Waals surface area (Å²) in [6.07, 6.45) is 1.05. The van der Waals surface area contributed by atoms with Gasteiger partial charge in [-0.1, -0.05) is 42.3 Å². The van der Waals surface area contributed by atoms with Crippen molar-refractivity contribution in [3.63, 3.8) is 0 Å². The van der Waals surface area contributed by atoms with Crippen LogP contribution in [0, 0.1) is 20.8 Å². The number of hydrogen-bond donors (Lipinski definition) is 1. The van der Waals surface area contributed by atoms with Gasteiger partial charge in [0.15, 0.2) is 0 Å². The molecule has 0 aromatic heterocycles. The van der Waals surface area contributed by atoms with E-state index in [2.05, 4.69) is 69.4 Å². The summed E-state index contributed by atoms with van der Waals surface area (Å²) < 4.78 is 0. The summed E-state index contributed by atoms with van der Waals surface area (Å²) in [5, 5.41) is 3.55. The third-order valence-electron chi connectivity index (χ3n) is 3.29. The molecule has 0 amide bonds. The Bertz CT molecular complexity index is 556. The van der Waals surface area contributed by atoms with Gasteiger partial charge >= 0.3 is 0 Å². The first-order valence-electron chi connectivity index (χ1n) is 6.54. The van der Waals surface area contributed by atoms with E-state index in [4.69, 9.17) is 0 Å². The Labute approximate surface area is 110 Å². The molecule has 0 radical (unpaired) electrons. The van der Waals surface area contributed by atoms with Crippen molar-refractivity contribution < 1.29 is 0 Å². The predicted molar refractivity (Wildman–Crippen MR) is 79.8 cm³/mol. The van der Waals surface area contributed by atoms with E-state index in [9.17, 15) is 0 Å². The molecular formula is C17H21N. The molecule has 0 saturated carbocycles. The molecule has 2 aromatic carbocycles. The Kier molecular flexibility index (Phi) is 3.71. The van der Waals surface area contributed by atoms with Crippen LogP contribution in [0.3, 0.4) is 0 Å². The normalized spacial score (nSPS) is 10.4. The number of aryl methyl sites for hydroxylation is 4. The van der Waals surface area contributed by atoms with Crippen LogP contribution in [-0.4, -0.2) is 0 Å². The molecule has 94 valence electrons. The van der Waals surface area contributed by atoms with Gasteiger partial charge in [0.1, 0.15) is 0 Å². The molecule has 0 aliphatic rings. The minimum atomic E-state index is 1.05. The van der Waals surface area contributed by atoms with Crippen molar-refractivity contribution in [1.82, 2.24) is 0 Å². The fourth-order valence-corrected chi connectivity index (χ4v) is 2.24. The summed E-state index contributed by atoms with van der Waals surface area (Å²) in [5.41, 5.74) is 7.69. The second-order valence-corrected chi connectivity index (χ2v) is 4.96. The highest BCUT2D eigenvalue weighted by Gasteiger charge is 2.03. The van der Waals surface area contributed by atoms with Crippen LogP contribution in [0.5, 0.6) is 0 Å². The summed E-state index contributed by atoms with van der Waals surface area (Å²) in [6, 6.07) is 13.1. The van der Waals surface area contributed by atoms with Gasteiger partial charge in [-0.3, -0.25) is 0 Å². The van der Waals surface area contributed by atoms with Crippen LogP contribution in [0.4, 0.5) is 11.4 Å². The van der Waals surface area contributed by atoms with Crippen LogP contribution in [0.25, 0.3) is 0 Å². The summed E-state index contributed by atoms with van der Waals surface area (Å²) in [5.74, 6) is 0. The lowest BCUT2D eigenvalue weighted by atomic mass is 10.1. The van der Waals surface area contributed by atoms with Crippen molar-refractivity contribution in [3.05, 3.63) is 58.7 Å². The topological polar surface area (TPSA) is 12.0 Å². The average molecular weight is 239 g/mol. The minimum absolute atomic E-state index is 1.05. The largest absolute Gasteiger partial charge is 0.355 e. The zero-order chi connectivity index (χ0) is 13.1. The highest BCUT2D eigenvalue weighted by Crippen LogP contribution is 2.25. The summed E-state index contributed by atoms with van der Waals surface area (Å²) in [4.78, 5) is 0. The molecular weight excluding hydrogens is 218 g/mol. The minimum Gasteiger partial charge on any atom is -0.355 e. The molecule has 1 N–H and O–H groups in total. The van der Waals surface area contributed by atoms with Crippen LogP contribution in [0.1, 0.15) is 29.2 Å². The zero-order valence-corrected chi connectivity index (χ0v) is 11.7. The fraction of sp³-hybridized carbons (Fsp3) is 0.294. The Balaban J connectivity index is 2.33. The van der Waals surface area contributed by atoms with E-state index < -0.39 is 0 Å². The molecule has 0 atom stereocenters. The second-order valence-electron chi connectivity index (χ2n) is 4.96. The van der Waals surface area contributed by atoms with Crippen molar-refractivity contribution >= 4 is 11.4 Å². The lowest BCUT2D eigenvalue weighted by Crippen LogP contribution is -1.97. The summed E-state index contributed by atoms with van der Waals surface area (Å²) in [6.45, 7) is 8.61. The first-order valence-corrected chi connectivity index (χ1v) is 6.54. The molecule has 1 nitrogen and oxygen atoms in total. The molecule has 0 aliphatic heterocycles. The van der Waals surface area contributed by atoms with E-state index in [-0.39, 0.29) is 0 Å². The van der Waals surface area contributed by atoms with E-state index in [0.29, 0.717) is 0 Å². The zero-order valence-electron chi connectivity index (χ0n) is 11.7. The van der Waals surface area contributed by atoms with Crippen LogP contribution >= 0.6 is 0 Å². The van der Waals surface area contributed by atoms with E-state index in [0.717, 1.165) is 6.42 Å². The van der Waals surface area contributed by atoms with Crippen LogP contribution in [0.15, 0.2) is 36.4 Å². The average Bonchev–Trinajstić information content (AvgIpc) is 2.34. The number of hydrogen-bond acceptors (Lipinski definition) is 1. The monoisotopic (exact) mass is 239 g/mol. The van der Waals surface area contributed by atoms with E-state index in [1.165, 1.54) is 33.6 Å². The molecule has 0 heterocycles.